The van der Waals surface area contributed by atoms with Gasteiger partial charge in [-0.25, -0.2) is 0 Å². The average Bonchev–Trinajstić information content (AvgIpc) is 3.33. The second-order valence-electron chi connectivity index (χ2n) is 11.1. The lowest BCUT2D eigenvalue weighted by Gasteiger charge is -2.34. The van der Waals surface area contributed by atoms with Crippen molar-refractivity contribution in [3.05, 3.63) is 167 Å². The Morgan fingerprint density at radius 1 is 0.442 bits per heavy atom. The fourth-order valence-corrected chi connectivity index (χ4v) is 6.27. The third-order valence-corrected chi connectivity index (χ3v) is 8.48. The van der Waals surface area contributed by atoms with Crippen molar-refractivity contribution in [3.63, 3.8) is 0 Å². The highest BCUT2D eigenvalue weighted by Gasteiger charge is 2.45. The quantitative estimate of drug-likeness (QED) is 0.199. The summed E-state index contributed by atoms with van der Waals surface area (Å²) in [5, 5.41) is 0. The van der Waals surface area contributed by atoms with E-state index in [0.29, 0.717) is 0 Å². The zero-order valence-corrected chi connectivity index (χ0v) is 24.2. The van der Waals surface area contributed by atoms with Crippen molar-refractivity contribution in [1.82, 2.24) is 0 Å². The Balaban J connectivity index is 1.33. The first-order valence-corrected chi connectivity index (χ1v) is 14.4. The largest absolute Gasteiger partial charge is 0.457 e. The molecule has 0 radical (unpaired) electrons. The molecule has 1 aliphatic rings. The SMILES string of the molecule is Cc1cc(Oc2ccc(C3(c4ccc(Oc5ccc(N)c(C)c5)cc4)c4ccccc4-c4ccccc43)cc2)ccc1N. The molecule has 4 heteroatoms. The molecule has 0 bridgehead atoms. The van der Waals surface area contributed by atoms with Crippen molar-refractivity contribution in [2.75, 3.05) is 11.5 Å². The van der Waals surface area contributed by atoms with Gasteiger partial charge in [0.15, 0.2) is 0 Å². The van der Waals surface area contributed by atoms with Gasteiger partial charge in [0.05, 0.1) is 5.41 Å². The summed E-state index contributed by atoms with van der Waals surface area (Å²) in [5.41, 5.74) is 22.3. The normalized spacial score (nSPS) is 12.8. The highest BCUT2D eigenvalue weighted by Crippen LogP contribution is 2.56. The van der Waals surface area contributed by atoms with Crippen LogP contribution in [0, 0.1) is 13.8 Å². The van der Waals surface area contributed by atoms with E-state index in [1.807, 2.05) is 74.5 Å². The molecule has 0 heterocycles. The van der Waals surface area contributed by atoms with Crippen LogP contribution >= 0.6 is 0 Å². The lowest BCUT2D eigenvalue weighted by Crippen LogP contribution is -2.28. The lowest BCUT2D eigenvalue weighted by molar-refractivity contribution is 0.481. The van der Waals surface area contributed by atoms with Gasteiger partial charge in [0.25, 0.3) is 0 Å². The van der Waals surface area contributed by atoms with E-state index in [1.54, 1.807) is 0 Å². The van der Waals surface area contributed by atoms with Crippen LogP contribution in [-0.2, 0) is 5.41 Å². The van der Waals surface area contributed by atoms with E-state index in [-0.39, 0.29) is 0 Å². The maximum absolute atomic E-state index is 6.22. The number of anilines is 2. The molecule has 210 valence electrons. The van der Waals surface area contributed by atoms with Crippen LogP contribution in [0.15, 0.2) is 133 Å². The van der Waals surface area contributed by atoms with Crippen molar-refractivity contribution in [1.29, 1.82) is 0 Å². The van der Waals surface area contributed by atoms with Gasteiger partial charge in [0.2, 0.25) is 0 Å². The molecule has 0 atom stereocenters. The first kappa shape index (κ1) is 26.4. The summed E-state index contributed by atoms with van der Waals surface area (Å²) >= 11 is 0. The summed E-state index contributed by atoms with van der Waals surface area (Å²) in [6.45, 7) is 3.97. The Morgan fingerprint density at radius 3 is 1.21 bits per heavy atom. The van der Waals surface area contributed by atoms with Gasteiger partial charge in [0.1, 0.15) is 23.0 Å². The van der Waals surface area contributed by atoms with E-state index >= 15 is 0 Å². The summed E-state index contributed by atoms with van der Waals surface area (Å²) in [6, 6.07) is 45.8. The minimum atomic E-state index is -0.514. The van der Waals surface area contributed by atoms with Crippen LogP contribution in [0.4, 0.5) is 11.4 Å². The fourth-order valence-electron chi connectivity index (χ4n) is 6.27. The zero-order valence-electron chi connectivity index (χ0n) is 24.2. The predicted molar refractivity (Wildman–Crippen MR) is 175 cm³/mol. The molecular weight excluding hydrogens is 528 g/mol. The number of fused-ring (bicyclic) bond motifs is 3. The minimum Gasteiger partial charge on any atom is -0.457 e. The molecular formula is C39H32N2O2. The van der Waals surface area contributed by atoms with Crippen molar-refractivity contribution in [2.45, 2.75) is 19.3 Å². The molecule has 0 unspecified atom stereocenters. The number of hydrogen-bond donors (Lipinski definition) is 2. The number of nitrogen functional groups attached to an aromatic ring is 2. The fraction of sp³-hybridized carbons (Fsp3) is 0.0769. The molecule has 0 aromatic heterocycles. The molecule has 0 saturated carbocycles. The van der Waals surface area contributed by atoms with E-state index in [0.717, 1.165) is 56.6 Å². The van der Waals surface area contributed by atoms with Gasteiger partial charge in [-0.15, -0.1) is 0 Å². The number of hydrogen-bond acceptors (Lipinski definition) is 4. The summed E-state index contributed by atoms with van der Waals surface area (Å²) in [7, 11) is 0. The van der Waals surface area contributed by atoms with Crippen molar-refractivity contribution < 1.29 is 9.47 Å². The molecule has 6 aromatic rings. The molecule has 6 aromatic carbocycles. The van der Waals surface area contributed by atoms with Crippen molar-refractivity contribution in [2.24, 2.45) is 0 Å². The second-order valence-corrected chi connectivity index (χ2v) is 11.1. The predicted octanol–water partition coefficient (Wildman–Crippen LogP) is 9.42. The van der Waals surface area contributed by atoms with Crippen LogP contribution in [0.1, 0.15) is 33.4 Å². The summed E-state index contributed by atoms with van der Waals surface area (Å²) < 4.78 is 12.4. The van der Waals surface area contributed by atoms with Gasteiger partial charge < -0.3 is 20.9 Å². The van der Waals surface area contributed by atoms with E-state index in [1.165, 1.54) is 22.3 Å². The monoisotopic (exact) mass is 560 g/mol. The molecule has 43 heavy (non-hydrogen) atoms. The second kappa shape index (κ2) is 10.4. The van der Waals surface area contributed by atoms with Gasteiger partial charge in [-0.05, 0) is 119 Å². The maximum atomic E-state index is 6.22. The third-order valence-electron chi connectivity index (χ3n) is 8.48. The molecule has 0 aliphatic heterocycles. The molecule has 0 saturated heterocycles. The standard InChI is InChI=1S/C39H32N2O2/c1-25-23-31(19-21-37(25)40)42-29-15-11-27(12-16-29)39(35-9-5-3-7-33(35)34-8-4-6-10-36(34)39)28-13-17-30(18-14-28)43-32-20-22-38(41)26(2)24-32/h3-24H,40-41H2,1-2H3. The minimum absolute atomic E-state index is 0.514. The number of ether oxygens (including phenoxy) is 2. The van der Waals surface area contributed by atoms with Crippen molar-refractivity contribution >= 4 is 11.4 Å². The Morgan fingerprint density at radius 2 is 0.814 bits per heavy atom. The van der Waals surface area contributed by atoms with Crippen LogP contribution < -0.4 is 20.9 Å². The molecule has 1 aliphatic carbocycles. The molecule has 0 spiro atoms. The number of benzene rings is 6. The van der Waals surface area contributed by atoms with Crippen LogP contribution in [0.25, 0.3) is 11.1 Å². The Hall–Kier alpha value is -5.48. The smallest absolute Gasteiger partial charge is 0.127 e. The molecule has 7 rings (SSSR count). The number of rotatable bonds is 6. The third kappa shape index (κ3) is 4.48. The average molecular weight is 561 g/mol. The Kier molecular flexibility index (Phi) is 6.40. The summed E-state index contributed by atoms with van der Waals surface area (Å²) in [5.74, 6) is 3.06. The number of nitrogens with two attached hydrogens (primary N) is 2. The molecule has 0 fully saturated rings. The number of aryl methyl sites for hydroxylation is 2. The summed E-state index contributed by atoms with van der Waals surface area (Å²) in [6.07, 6.45) is 0. The van der Waals surface area contributed by atoms with Gasteiger partial charge in [-0.1, -0.05) is 72.8 Å². The first-order valence-electron chi connectivity index (χ1n) is 14.4. The van der Waals surface area contributed by atoms with E-state index in [9.17, 15) is 0 Å². The van der Waals surface area contributed by atoms with Crippen LogP contribution in [-0.4, -0.2) is 0 Å². The molecule has 0 amide bonds. The first-order chi connectivity index (χ1) is 20.9. The van der Waals surface area contributed by atoms with Crippen LogP contribution in [0.2, 0.25) is 0 Å². The van der Waals surface area contributed by atoms with E-state index in [2.05, 4.69) is 72.8 Å². The van der Waals surface area contributed by atoms with Crippen LogP contribution in [0.5, 0.6) is 23.0 Å². The Bertz CT molecular complexity index is 1820. The highest BCUT2D eigenvalue weighted by molar-refractivity contribution is 5.86. The molecule has 4 N–H and O–H groups in total. The van der Waals surface area contributed by atoms with Crippen LogP contribution in [0.3, 0.4) is 0 Å². The van der Waals surface area contributed by atoms with E-state index in [4.69, 9.17) is 20.9 Å². The summed E-state index contributed by atoms with van der Waals surface area (Å²) in [4.78, 5) is 0. The van der Waals surface area contributed by atoms with Gasteiger partial charge in [-0.2, -0.15) is 0 Å². The van der Waals surface area contributed by atoms with Gasteiger partial charge in [-0.3, -0.25) is 0 Å². The molecule has 4 nitrogen and oxygen atoms in total. The van der Waals surface area contributed by atoms with Gasteiger partial charge in [0, 0.05) is 11.4 Å². The van der Waals surface area contributed by atoms with Gasteiger partial charge >= 0.3 is 0 Å². The lowest BCUT2D eigenvalue weighted by atomic mass is 9.68. The maximum Gasteiger partial charge on any atom is 0.127 e. The van der Waals surface area contributed by atoms with E-state index < -0.39 is 5.41 Å². The highest BCUT2D eigenvalue weighted by atomic mass is 16.5. The topological polar surface area (TPSA) is 70.5 Å². The van der Waals surface area contributed by atoms with Crippen molar-refractivity contribution in [3.8, 4) is 34.1 Å². The zero-order chi connectivity index (χ0) is 29.6. The Labute approximate surface area is 252 Å².